The Kier molecular flexibility index (Phi) is 10.8. The van der Waals surface area contributed by atoms with E-state index in [1.807, 2.05) is 67.6 Å². The highest BCUT2D eigenvalue weighted by molar-refractivity contribution is 5.89. The second-order valence-electron chi connectivity index (χ2n) is 9.45. The smallest absolute Gasteiger partial charge is 0.317 e. The van der Waals surface area contributed by atoms with Gasteiger partial charge in [-0.15, -0.1) is 0 Å². The Morgan fingerprint density at radius 2 is 1.42 bits per heavy atom. The number of carbonyl (C=O) groups excluding carboxylic acids is 3. The number of nitrogens with zero attached hydrogens (tertiary/aromatic N) is 2. The van der Waals surface area contributed by atoms with Crippen molar-refractivity contribution in [1.29, 1.82) is 0 Å². The summed E-state index contributed by atoms with van der Waals surface area (Å²) in [6.45, 7) is 6.45. The second-order valence-corrected chi connectivity index (χ2v) is 9.45. The molecule has 1 saturated heterocycles. The lowest BCUT2D eigenvalue weighted by atomic mass is 9.97. The molecule has 7 nitrogen and oxygen atoms in total. The Labute approximate surface area is 215 Å². The molecule has 7 heteroatoms. The highest BCUT2D eigenvalue weighted by Crippen LogP contribution is 2.15. The number of piperazine rings is 1. The molecule has 1 aliphatic heterocycles. The van der Waals surface area contributed by atoms with Gasteiger partial charge in [0.15, 0.2) is 0 Å². The van der Waals surface area contributed by atoms with E-state index in [0.717, 1.165) is 36.8 Å². The molecule has 1 fully saturated rings. The molecular formula is C29H40N4O3. The molecular weight excluding hydrogens is 452 g/mol. The minimum atomic E-state index is -0.617. The monoisotopic (exact) mass is 492 g/mol. The van der Waals surface area contributed by atoms with E-state index >= 15 is 0 Å². The van der Waals surface area contributed by atoms with Gasteiger partial charge in [-0.2, -0.15) is 0 Å². The number of benzene rings is 2. The summed E-state index contributed by atoms with van der Waals surface area (Å²) in [4.78, 5) is 42.7. The zero-order valence-corrected chi connectivity index (χ0v) is 21.6. The number of hydrogen-bond acceptors (Lipinski definition) is 3. The van der Waals surface area contributed by atoms with Gasteiger partial charge in [0.05, 0.1) is 0 Å². The van der Waals surface area contributed by atoms with Crippen molar-refractivity contribution in [2.24, 2.45) is 5.92 Å². The van der Waals surface area contributed by atoms with E-state index in [2.05, 4.69) is 17.6 Å². The third-order valence-corrected chi connectivity index (χ3v) is 6.83. The van der Waals surface area contributed by atoms with Gasteiger partial charge >= 0.3 is 6.03 Å². The summed E-state index contributed by atoms with van der Waals surface area (Å²) < 4.78 is 0. The van der Waals surface area contributed by atoms with Crippen LogP contribution in [0.15, 0.2) is 60.7 Å². The lowest BCUT2D eigenvalue weighted by molar-refractivity contribution is -0.138. The van der Waals surface area contributed by atoms with E-state index in [-0.39, 0.29) is 23.8 Å². The van der Waals surface area contributed by atoms with Crippen molar-refractivity contribution in [2.45, 2.75) is 58.5 Å². The van der Waals surface area contributed by atoms with E-state index in [9.17, 15) is 14.4 Å². The van der Waals surface area contributed by atoms with Crippen molar-refractivity contribution in [3.63, 3.8) is 0 Å². The molecule has 0 bridgehead atoms. The Morgan fingerprint density at radius 3 is 2.00 bits per heavy atom. The minimum Gasteiger partial charge on any atom is -0.344 e. The van der Waals surface area contributed by atoms with E-state index < -0.39 is 6.04 Å². The van der Waals surface area contributed by atoms with E-state index in [1.165, 1.54) is 0 Å². The predicted octanol–water partition coefficient (Wildman–Crippen LogP) is 3.98. The van der Waals surface area contributed by atoms with Crippen molar-refractivity contribution in [2.75, 3.05) is 26.2 Å². The molecule has 1 heterocycles. The van der Waals surface area contributed by atoms with Gasteiger partial charge < -0.3 is 20.4 Å². The molecule has 2 N–H and O–H groups in total. The van der Waals surface area contributed by atoms with Crippen LogP contribution in [0.3, 0.4) is 0 Å². The Morgan fingerprint density at radius 1 is 0.833 bits per heavy atom. The summed E-state index contributed by atoms with van der Waals surface area (Å²) in [7, 11) is 0. The molecule has 3 rings (SSSR count). The summed E-state index contributed by atoms with van der Waals surface area (Å²) in [5.41, 5.74) is 2.06. The van der Waals surface area contributed by atoms with Crippen molar-refractivity contribution >= 4 is 17.8 Å². The molecule has 2 aromatic carbocycles. The van der Waals surface area contributed by atoms with Crippen LogP contribution in [-0.2, 0) is 22.6 Å². The largest absolute Gasteiger partial charge is 0.344 e. The lowest BCUT2D eigenvalue weighted by Gasteiger charge is -2.36. The van der Waals surface area contributed by atoms with Gasteiger partial charge in [0.2, 0.25) is 11.8 Å². The maximum Gasteiger partial charge on any atom is 0.317 e. The van der Waals surface area contributed by atoms with Gasteiger partial charge in [0.25, 0.3) is 0 Å². The van der Waals surface area contributed by atoms with Crippen molar-refractivity contribution in [3.8, 4) is 0 Å². The van der Waals surface area contributed by atoms with Crippen LogP contribution in [0, 0.1) is 5.92 Å². The molecule has 36 heavy (non-hydrogen) atoms. The normalized spacial score (nSPS) is 15.2. The van der Waals surface area contributed by atoms with Crippen LogP contribution in [-0.4, -0.2) is 59.9 Å². The first-order chi connectivity index (χ1) is 17.5. The van der Waals surface area contributed by atoms with Crippen molar-refractivity contribution < 1.29 is 14.4 Å². The predicted molar refractivity (Wildman–Crippen MR) is 142 cm³/mol. The van der Waals surface area contributed by atoms with Gasteiger partial charge in [-0.3, -0.25) is 9.59 Å². The van der Waals surface area contributed by atoms with Crippen LogP contribution in [0.25, 0.3) is 0 Å². The minimum absolute atomic E-state index is 0.0424. The number of hydrogen-bond donors (Lipinski definition) is 2. The Balaban J connectivity index is 1.58. The van der Waals surface area contributed by atoms with Gasteiger partial charge in [-0.05, 0) is 24.0 Å². The third kappa shape index (κ3) is 8.11. The Bertz CT molecular complexity index is 959. The molecule has 4 amide bonds. The molecule has 2 unspecified atom stereocenters. The number of nitrogens with one attached hydrogen (secondary N) is 2. The van der Waals surface area contributed by atoms with Crippen LogP contribution in [0.1, 0.15) is 50.7 Å². The molecule has 0 radical (unpaired) electrons. The van der Waals surface area contributed by atoms with Crippen molar-refractivity contribution in [3.05, 3.63) is 71.8 Å². The number of urea groups is 1. The number of carbonyl (C=O) groups is 3. The summed E-state index contributed by atoms with van der Waals surface area (Å²) in [6, 6.07) is 18.9. The fraction of sp³-hybridized carbons (Fsp3) is 0.483. The zero-order chi connectivity index (χ0) is 25.8. The average molecular weight is 493 g/mol. The standard InChI is InChI=1S/C29H40N4O3/c1-3-5-16-25(4-2)27(34)31-26(21-23-12-8-6-9-13-23)28(35)32-17-19-33(20-18-32)29(36)30-22-24-14-10-7-11-15-24/h6-15,25-26H,3-5,16-22H2,1-2H3,(H,30,36)(H,31,34). The van der Waals surface area contributed by atoms with Crippen LogP contribution < -0.4 is 10.6 Å². The maximum absolute atomic E-state index is 13.5. The quantitative estimate of drug-likeness (QED) is 0.498. The topological polar surface area (TPSA) is 81.8 Å². The zero-order valence-electron chi connectivity index (χ0n) is 21.6. The van der Waals surface area contributed by atoms with Crippen molar-refractivity contribution in [1.82, 2.24) is 20.4 Å². The molecule has 0 spiro atoms. The summed E-state index contributed by atoms with van der Waals surface area (Å²) in [5.74, 6) is -0.206. The lowest BCUT2D eigenvalue weighted by Crippen LogP contribution is -2.57. The highest BCUT2D eigenvalue weighted by Gasteiger charge is 2.31. The molecule has 194 valence electrons. The third-order valence-electron chi connectivity index (χ3n) is 6.83. The summed E-state index contributed by atoms with van der Waals surface area (Å²) in [5, 5.41) is 6.03. The van der Waals surface area contributed by atoms with Crippen LogP contribution in [0.4, 0.5) is 4.79 Å². The SMILES string of the molecule is CCCCC(CC)C(=O)NC(Cc1ccccc1)C(=O)N1CCN(C(=O)NCc2ccccc2)CC1. The molecule has 1 aliphatic rings. The van der Waals surface area contributed by atoms with Gasteiger partial charge in [-0.1, -0.05) is 87.4 Å². The number of rotatable bonds is 11. The fourth-order valence-electron chi connectivity index (χ4n) is 4.55. The first kappa shape index (κ1) is 27.2. The van der Waals surface area contributed by atoms with Gasteiger partial charge in [0, 0.05) is 45.1 Å². The summed E-state index contributed by atoms with van der Waals surface area (Å²) >= 11 is 0. The number of amides is 4. The van der Waals surface area contributed by atoms with E-state index in [1.54, 1.807) is 9.80 Å². The van der Waals surface area contributed by atoms with E-state index in [0.29, 0.717) is 39.1 Å². The fourth-order valence-corrected chi connectivity index (χ4v) is 4.55. The first-order valence-corrected chi connectivity index (χ1v) is 13.2. The van der Waals surface area contributed by atoms with Crippen LogP contribution >= 0.6 is 0 Å². The van der Waals surface area contributed by atoms with Crippen LogP contribution in [0.2, 0.25) is 0 Å². The highest BCUT2D eigenvalue weighted by atomic mass is 16.2. The molecule has 0 aliphatic carbocycles. The first-order valence-electron chi connectivity index (χ1n) is 13.2. The molecule has 2 atom stereocenters. The Hall–Kier alpha value is -3.35. The molecule has 0 saturated carbocycles. The van der Waals surface area contributed by atoms with Gasteiger partial charge in [-0.25, -0.2) is 4.79 Å². The maximum atomic E-state index is 13.5. The second kappa shape index (κ2) is 14.3. The number of unbranched alkanes of at least 4 members (excludes halogenated alkanes) is 1. The van der Waals surface area contributed by atoms with Crippen LogP contribution in [0.5, 0.6) is 0 Å². The van der Waals surface area contributed by atoms with Gasteiger partial charge in [0.1, 0.15) is 6.04 Å². The molecule has 2 aromatic rings. The molecule has 0 aromatic heterocycles. The average Bonchev–Trinajstić information content (AvgIpc) is 2.92. The van der Waals surface area contributed by atoms with E-state index in [4.69, 9.17) is 0 Å². The summed E-state index contributed by atoms with van der Waals surface area (Å²) in [6.07, 6.45) is 4.08.